The summed E-state index contributed by atoms with van der Waals surface area (Å²) < 4.78 is 0. The van der Waals surface area contributed by atoms with Crippen LogP contribution in [0.2, 0.25) is 0 Å². The van der Waals surface area contributed by atoms with E-state index in [1.165, 1.54) is 38.5 Å². The molecular formula is C16H33N. The van der Waals surface area contributed by atoms with Crippen LogP contribution in [-0.4, -0.2) is 12.1 Å². The lowest BCUT2D eigenvalue weighted by Gasteiger charge is -2.33. The van der Waals surface area contributed by atoms with E-state index in [-0.39, 0.29) is 0 Å². The van der Waals surface area contributed by atoms with Gasteiger partial charge in [-0.1, -0.05) is 47.5 Å². The third-order valence-corrected chi connectivity index (χ3v) is 3.92. The molecule has 1 aliphatic rings. The third-order valence-electron chi connectivity index (χ3n) is 3.92. The highest BCUT2D eigenvalue weighted by Gasteiger charge is 2.22. The van der Waals surface area contributed by atoms with Crippen LogP contribution in [0.1, 0.15) is 73.1 Å². The Labute approximate surface area is 109 Å². The summed E-state index contributed by atoms with van der Waals surface area (Å²) in [6.07, 6.45) is 8.34. The van der Waals surface area contributed by atoms with E-state index < -0.39 is 0 Å². The molecule has 0 aromatic rings. The molecule has 1 rings (SSSR count). The number of nitrogens with one attached hydrogen (secondary N) is 1. The number of hydrogen-bond donors (Lipinski definition) is 1. The fourth-order valence-electron chi connectivity index (χ4n) is 3.29. The zero-order chi connectivity index (χ0) is 12.8. The maximum absolute atomic E-state index is 3.95. The largest absolute Gasteiger partial charge is 0.311 e. The van der Waals surface area contributed by atoms with Crippen molar-refractivity contribution in [1.29, 1.82) is 0 Å². The molecule has 0 heterocycles. The van der Waals surface area contributed by atoms with Gasteiger partial charge in [0.2, 0.25) is 0 Å². The molecule has 0 amide bonds. The van der Waals surface area contributed by atoms with Gasteiger partial charge in [0.15, 0.2) is 0 Å². The molecule has 0 bridgehead atoms. The first-order chi connectivity index (χ1) is 7.97. The lowest BCUT2D eigenvalue weighted by Crippen LogP contribution is -2.42. The van der Waals surface area contributed by atoms with Crippen LogP contribution in [0.15, 0.2) is 0 Å². The summed E-state index contributed by atoms with van der Waals surface area (Å²) in [6, 6.07) is 1.53. The first kappa shape index (κ1) is 15.0. The minimum absolute atomic E-state index is 0.741. The van der Waals surface area contributed by atoms with Crippen molar-refractivity contribution in [3.8, 4) is 0 Å². The third kappa shape index (κ3) is 6.45. The van der Waals surface area contributed by atoms with Gasteiger partial charge in [-0.25, -0.2) is 0 Å². The van der Waals surface area contributed by atoms with Gasteiger partial charge in [0.05, 0.1) is 0 Å². The second kappa shape index (κ2) is 7.41. The normalized spacial score (nSPS) is 26.1. The molecule has 1 fully saturated rings. The van der Waals surface area contributed by atoms with Crippen LogP contribution < -0.4 is 5.32 Å². The predicted octanol–water partition coefficient (Wildman–Crippen LogP) is 4.62. The SMILES string of the molecule is CC(C)CC(CC(C)C)NC1CCCC(C)C1. The fourth-order valence-corrected chi connectivity index (χ4v) is 3.29. The van der Waals surface area contributed by atoms with Gasteiger partial charge in [-0.3, -0.25) is 0 Å². The molecule has 0 spiro atoms. The van der Waals surface area contributed by atoms with E-state index in [1.54, 1.807) is 0 Å². The Morgan fingerprint density at radius 3 is 2.06 bits per heavy atom. The van der Waals surface area contributed by atoms with E-state index in [0.29, 0.717) is 0 Å². The van der Waals surface area contributed by atoms with Crippen molar-refractivity contribution in [2.45, 2.75) is 85.2 Å². The second-order valence-electron chi connectivity index (χ2n) is 7.09. The van der Waals surface area contributed by atoms with Crippen LogP contribution in [0, 0.1) is 17.8 Å². The standard InChI is InChI=1S/C16H33N/c1-12(2)9-16(10-13(3)4)17-15-8-6-7-14(5)11-15/h12-17H,6-11H2,1-5H3. The molecule has 0 aromatic heterocycles. The molecule has 0 radical (unpaired) electrons. The Kier molecular flexibility index (Phi) is 6.54. The minimum Gasteiger partial charge on any atom is -0.311 e. The van der Waals surface area contributed by atoms with Gasteiger partial charge in [0, 0.05) is 12.1 Å². The van der Waals surface area contributed by atoms with Crippen LogP contribution in [0.3, 0.4) is 0 Å². The first-order valence-electron chi connectivity index (χ1n) is 7.73. The fraction of sp³-hybridized carbons (Fsp3) is 1.00. The van der Waals surface area contributed by atoms with Gasteiger partial charge in [0.25, 0.3) is 0 Å². The molecule has 2 unspecified atom stereocenters. The van der Waals surface area contributed by atoms with Gasteiger partial charge in [-0.15, -0.1) is 0 Å². The lowest BCUT2D eigenvalue weighted by atomic mass is 9.85. The van der Waals surface area contributed by atoms with Crippen molar-refractivity contribution < 1.29 is 0 Å². The zero-order valence-electron chi connectivity index (χ0n) is 12.6. The molecule has 2 atom stereocenters. The van der Waals surface area contributed by atoms with Gasteiger partial charge in [-0.05, 0) is 43.4 Å². The summed E-state index contributed by atoms with van der Waals surface area (Å²) >= 11 is 0. The summed E-state index contributed by atoms with van der Waals surface area (Å²) in [6.45, 7) is 11.8. The number of hydrogen-bond acceptors (Lipinski definition) is 1. The highest BCUT2D eigenvalue weighted by molar-refractivity contribution is 4.81. The Morgan fingerprint density at radius 2 is 1.59 bits per heavy atom. The van der Waals surface area contributed by atoms with E-state index in [1.807, 2.05) is 0 Å². The zero-order valence-corrected chi connectivity index (χ0v) is 12.6. The summed E-state index contributed by atoms with van der Waals surface area (Å²) in [5, 5.41) is 3.95. The molecule has 0 aromatic carbocycles. The van der Waals surface area contributed by atoms with Gasteiger partial charge < -0.3 is 5.32 Å². The van der Waals surface area contributed by atoms with E-state index in [0.717, 1.165) is 29.8 Å². The summed E-state index contributed by atoms with van der Waals surface area (Å²) in [4.78, 5) is 0. The molecule has 17 heavy (non-hydrogen) atoms. The van der Waals surface area contributed by atoms with Crippen molar-refractivity contribution in [2.24, 2.45) is 17.8 Å². The van der Waals surface area contributed by atoms with Crippen molar-refractivity contribution in [2.75, 3.05) is 0 Å². The Hall–Kier alpha value is -0.0400. The van der Waals surface area contributed by atoms with Crippen molar-refractivity contribution in [3.05, 3.63) is 0 Å². The quantitative estimate of drug-likeness (QED) is 0.713. The van der Waals surface area contributed by atoms with Crippen molar-refractivity contribution >= 4 is 0 Å². The summed E-state index contributed by atoms with van der Waals surface area (Å²) in [5.41, 5.74) is 0. The van der Waals surface area contributed by atoms with E-state index in [2.05, 4.69) is 39.9 Å². The van der Waals surface area contributed by atoms with Crippen molar-refractivity contribution in [1.82, 2.24) is 5.32 Å². The summed E-state index contributed by atoms with van der Waals surface area (Å²) in [5.74, 6) is 2.56. The average molecular weight is 239 g/mol. The molecule has 1 heteroatoms. The highest BCUT2D eigenvalue weighted by Crippen LogP contribution is 2.25. The van der Waals surface area contributed by atoms with E-state index in [4.69, 9.17) is 0 Å². The Balaban J connectivity index is 2.40. The smallest absolute Gasteiger partial charge is 0.00745 e. The van der Waals surface area contributed by atoms with Crippen LogP contribution in [0.5, 0.6) is 0 Å². The van der Waals surface area contributed by atoms with Gasteiger partial charge in [-0.2, -0.15) is 0 Å². The molecule has 0 aliphatic heterocycles. The van der Waals surface area contributed by atoms with Crippen LogP contribution in [-0.2, 0) is 0 Å². The maximum atomic E-state index is 3.95. The molecule has 1 N–H and O–H groups in total. The molecular weight excluding hydrogens is 206 g/mol. The first-order valence-corrected chi connectivity index (χ1v) is 7.73. The van der Waals surface area contributed by atoms with Crippen molar-refractivity contribution in [3.63, 3.8) is 0 Å². The maximum Gasteiger partial charge on any atom is 0.00745 e. The second-order valence-corrected chi connectivity index (χ2v) is 7.09. The molecule has 0 saturated heterocycles. The van der Waals surface area contributed by atoms with Crippen LogP contribution in [0.4, 0.5) is 0 Å². The van der Waals surface area contributed by atoms with Crippen LogP contribution >= 0.6 is 0 Å². The number of rotatable bonds is 6. The monoisotopic (exact) mass is 239 g/mol. The average Bonchev–Trinajstić information content (AvgIpc) is 2.14. The topological polar surface area (TPSA) is 12.0 Å². The molecule has 1 aliphatic carbocycles. The molecule has 102 valence electrons. The molecule has 1 saturated carbocycles. The highest BCUT2D eigenvalue weighted by atomic mass is 15.0. The predicted molar refractivity (Wildman–Crippen MR) is 77.3 cm³/mol. The van der Waals surface area contributed by atoms with E-state index in [9.17, 15) is 0 Å². The van der Waals surface area contributed by atoms with E-state index >= 15 is 0 Å². The minimum atomic E-state index is 0.741. The van der Waals surface area contributed by atoms with Crippen LogP contribution in [0.25, 0.3) is 0 Å². The molecule has 1 nitrogen and oxygen atoms in total. The Bertz CT molecular complexity index is 188. The summed E-state index contributed by atoms with van der Waals surface area (Å²) in [7, 11) is 0. The van der Waals surface area contributed by atoms with Gasteiger partial charge >= 0.3 is 0 Å². The Morgan fingerprint density at radius 1 is 1.00 bits per heavy atom. The van der Waals surface area contributed by atoms with Gasteiger partial charge in [0.1, 0.15) is 0 Å². The lowest BCUT2D eigenvalue weighted by molar-refractivity contribution is 0.251.